The molecule has 4 heteroatoms. The topological polar surface area (TPSA) is 35.5 Å². The van der Waals surface area contributed by atoms with Crippen molar-refractivity contribution in [3.63, 3.8) is 0 Å². The Morgan fingerprint density at radius 2 is 1.95 bits per heavy atom. The van der Waals surface area contributed by atoms with E-state index in [0.717, 1.165) is 5.56 Å². The van der Waals surface area contributed by atoms with Gasteiger partial charge in [-0.25, -0.2) is 4.39 Å². The summed E-state index contributed by atoms with van der Waals surface area (Å²) in [6.45, 7) is 1.77. The van der Waals surface area contributed by atoms with E-state index in [4.69, 9.17) is 9.47 Å². The number of aryl methyl sites for hydroxylation is 1. The van der Waals surface area contributed by atoms with Crippen LogP contribution >= 0.6 is 0 Å². The molecule has 3 nitrogen and oxygen atoms in total. The maximum absolute atomic E-state index is 13.0. The first-order valence-corrected chi connectivity index (χ1v) is 6.16. The van der Waals surface area contributed by atoms with Crippen LogP contribution < -0.4 is 9.47 Å². The van der Waals surface area contributed by atoms with Crippen molar-refractivity contribution in [2.24, 2.45) is 0 Å². The highest BCUT2D eigenvalue weighted by atomic mass is 19.1. The molecule has 0 unspecified atom stereocenters. The van der Waals surface area contributed by atoms with Gasteiger partial charge in [0, 0.05) is 5.56 Å². The van der Waals surface area contributed by atoms with Crippen LogP contribution in [0.4, 0.5) is 4.39 Å². The lowest BCUT2D eigenvalue weighted by molar-refractivity contribution is 0.0919. The van der Waals surface area contributed by atoms with Crippen LogP contribution in [-0.4, -0.2) is 19.5 Å². The minimum absolute atomic E-state index is 0.164. The fourth-order valence-electron chi connectivity index (χ4n) is 1.78. The van der Waals surface area contributed by atoms with E-state index in [0.29, 0.717) is 11.5 Å². The number of halogens is 1. The van der Waals surface area contributed by atoms with Gasteiger partial charge in [-0.3, -0.25) is 4.79 Å². The van der Waals surface area contributed by atoms with Crippen molar-refractivity contribution < 1.29 is 18.7 Å². The summed E-state index contributed by atoms with van der Waals surface area (Å²) in [7, 11) is 1.54. The molecule has 0 N–H and O–H groups in total. The number of benzene rings is 2. The van der Waals surface area contributed by atoms with Gasteiger partial charge in [-0.2, -0.15) is 0 Å². The summed E-state index contributed by atoms with van der Waals surface area (Å²) in [5.41, 5.74) is 1.32. The standard InChI is InChI=1S/C16H15FO3/c1-11-6-7-15(16(8-11)19-2)20-10-14(18)12-4-3-5-13(17)9-12/h3-9H,10H2,1-2H3. The number of methoxy groups -OCH3 is 1. The number of ether oxygens (including phenoxy) is 2. The third kappa shape index (κ3) is 3.35. The van der Waals surface area contributed by atoms with Crippen LogP contribution in [0, 0.1) is 12.7 Å². The van der Waals surface area contributed by atoms with E-state index in [9.17, 15) is 9.18 Å². The minimum Gasteiger partial charge on any atom is -0.493 e. The van der Waals surface area contributed by atoms with Crippen LogP contribution in [0.25, 0.3) is 0 Å². The number of carbonyl (C=O) groups excluding carboxylic acids is 1. The number of rotatable bonds is 5. The van der Waals surface area contributed by atoms with Crippen LogP contribution in [-0.2, 0) is 0 Å². The normalized spacial score (nSPS) is 10.2. The maximum Gasteiger partial charge on any atom is 0.200 e. The SMILES string of the molecule is COc1cc(C)ccc1OCC(=O)c1cccc(F)c1. The minimum atomic E-state index is -0.441. The molecule has 20 heavy (non-hydrogen) atoms. The number of hydrogen-bond acceptors (Lipinski definition) is 3. The Bertz CT molecular complexity index is 623. The van der Waals surface area contributed by atoms with Gasteiger partial charge < -0.3 is 9.47 Å². The van der Waals surface area contributed by atoms with Crippen molar-refractivity contribution in [2.45, 2.75) is 6.92 Å². The Hall–Kier alpha value is -2.36. The first-order chi connectivity index (χ1) is 9.60. The van der Waals surface area contributed by atoms with E-state index < -0.39 is 5.82 Å². The van der Waals surface area contributed by atoms with Crippen LogP contribution in [0.15, 0.2) is 42.5 Å². The quantitative estimate of drug-likeness (QED) is 0.784. The van der Waals surface area contributed by atoms with Gasteiger partial charge in [-0.05, 0) is 36.8 Å². The molecule has 0 aliphatic heterocycles. The molecule has 0 bridgehead atoms. The molecule has 0 spiro atoms. The van der Waals surface area contributed by atoms with Gasteiger partial charge >= 0.3 is 0 Å². The van der Waals surface area contributed by atoms with Crippen molar-refractivity contribution in [3.8, 4) is 11.5 Å². The van der Waals surface area contributed by atoms with Gasteiger partial charge in [0.05, 0.1) is 7.11 Å². The monoisotopic (exact) mass is 274 g/mol. The molecule has 0 fully saturated rings. The summed E-state index contributed by atoms with van der Waals surface area (Å²) >= 11 is 0. The van der Waals surface area contributed by atoms with Crippen LogP contribution in [0.5, 0.6) is 11.5 Å². The van der Waals surface area contributed by atoms with Gasteiger partial charge in [-0.15, -0.1) is 0 Å². The summed E-state index contributed by atoms with van der Waals surface area (Å²) in [5, 5.41) is 0. The fraction of sp³-hybridized carbons (Fsp3) is 0.188. The van der Waals surface area contributed by atoms with E-state index in [1.54, 1.807) is 12.1 Å². The Balaban J connectivity index is 2.07. The van der Waals surface area contributed by atoms with Crippen LogP contribution in [0.2, 0.25) is 0 Å². The van der Waals surface area contributed by atoms with Gasteiger partial charge in [0.2, 0.25) is 0 Å². The highest BCUT2D eigenvalue weighted by Crippen LogP contribution is 2.27. The lowest BCUT2D eigenvalue weighted by Crippen LogP contribution is -2.12. The lowest BCUT2D eigenvalue weighted by atomic mass is 10.1. The van der Waals surface area contributed by atoms with Crippen molar-refractivity contribution in [1.82, 2.24) is 0 Å². The number of carbonyl (C=O) groups is 1. The number of ketones is 1. The highest BCUT2D eigenvalue weighted by molar-refractivity contribution is 5.97. The predicted molar refractivity (Wildman–Crippen MR) is 74.0 cm³/mol. The van der Waals surface area contributed by atoms with E-state index in [1.165, 1.54) is 25.3 Å². The number of Topliss-reactive ketones (excluding diaryl/α,β-unsaturated/α-hetero) is 1. The molecule has 0 amide bonds. The van der Waals surface area contributed by atoms with E-state index in [2.05, 4.69) is 0 Å². The fourth-order valence-corrected chi connectivity index (χ4v) is 1.78. The zero-order chi connectivity index (χ0) is 14.5. The third-order valence-corrected chi connectivity index (χ3v) is 2.82. The largest absolute Gasteiger partial charge is 0.493 e. The summed E-state index contributed by atoms with van der Waals surface area (Å²) < 4.78 is 23.7. The average Bonchev–Trinajstić information content (AvgIpc) is 2.45. The molecule has 0 aliphatic rings. The molecular formula is C16H15FO3. The first-order valence-electron chi connectivity index (χ1n) is 6.16. The Morgan fingerprint density at radius 3 is 2.65 bits per heavy atom. The van der Waals surface area contributed by atoms with Gasteiger partial charge in [0.1, 0.15) is 5.82 Å². The lowest BCUT2D eigenvalue weighted by Gasteiger charge is -2.10. The highest BCUT2D eigenvalue weighted by Gasteiger charge is 2.10. The second-order valence-electron chi connectivity index (χ2n) is 4.38. The molecular weight excluding hydrogens is 259 g/mol. The second-order valence-corrected chi connectivity index (χ2v) is 4.38. The molecule has 0 saturated carbocycles. The summed E-state index contributed by atoms with van der Waals surface area (Å²) in [6.07, 6.45) is 0. The number of hydrogen-bond donors (Lipinski definition) is 0. The Kier molecular flexibility index (Phi) is 4.35. The van der Waals surface area contributed by atoms with Crippen LogP contribution in [0.3, 0.4) is 0 Å². The zero-order valence-corrected chi connectivity index (χ0v) is 11.4. The smallest absolute Gasteiger partial charge is 0.200 e. The van der Waals surface area contributed by atoms with Crippen molar-refractivity contribution in [2.75, 3.05) is 13.7 Å². The molecule has 0 aromatic heterocycles. The second kappa shape index (κ2) is 6.19. The molecule has 0 saturated heterocycles. The molecule has 0 heterocycles. The Morgan fingerprint density at radius 1 is 1.15 bits per heavy atom. The van der Waals surface area contributed by atoms with E-state index in [-0.39, 0.29) is 18.0 Å². The van der Waals surface area contributed by atoms with Gasteiger partial charge in [0.15, 0.2) is 23.9 Å². The van der Waals surface area contributed by atoms with Crippen molar-refractivity contribution in [3.05, 3.63) is 59.4 Å². The van der Waals surface area contributed by atoms with Crippen molar-refractivity contribution in [1.29, 1.82) is 0 Å². The summed E-state index contributed by atoms with van der Waals surface area (Å²) in [4.78, 5) is 11.9. The summed E-state index contributed by atoms with van der Waals surface area (Å²) in [5.74, 6) is 0.329. The molecule has 2 aromatic carbocycles. The van der Waals surface area contributed by atoms with Gasteiger partial charge in [-0.1, -0.05) is 18.2 Å². The molecule has 104 valence electrons. The third-order valence-electron chi connectivity index (χ3n) is 2.82. The molecule has 0 atom stereocenters. The Labute approximate surface area is 117 Å². The van der Waals surface area contributed by atoms with Gasteiger partial charge in [0.25, 0.3) is 0 Å². The van der Waals surface area contributed by atoms with E-state index in [1.807, 2.05) is 19.1 Å². The first kappa shape index (κ1) is 14.1. The molecule has 2 aromatic rings. The average molecular weight is 274 g/mol. The zero-order valence-electron chi connectivity index (χ0n) is 11.4. The molecule has 0 radical (unpaired) electrons. The maximum atomic E-state index is 13.0. The predicted octanol–water partition coefficient (Wildman–Crippen LogP) is 3.40. The van der Waals surface area contributed by atoms with Crippen LogP contribution in [0.1, 0.15) is 15.9 Å². The van der Waals surface area contributed by atoms with E-state index >= 15 is 0 Å². The summed E-state index contributed by atoms with van der Waals surface area (Å²) in [6, 6.07) is 11.0. The molecule has 0 aliphatic carbocycles. The van der Waals surface area contributed by atoms with Crippen molar-refractivity contribution >= 4 is 5.78 Å². The molecule has 2 rings (SSSR count).